The van der Waals surface area contributed by atoms with Crippen molar-refractivity contribution in [3.05, 3.63) is 76.6 Å². The van der Waals surface area contributed by atoms with Crippen LogP contribution in [-0.2, 0) is 12.2 Å². The van der Waals surface area contributed by atoms with Gasteiger partial charge in [-0.05, 0) is 46.9 Å². The highest BCUT2D eigenvalue weighted by Crippen LogP contribution is 2.26. The fourth-order valence-corrected chi connectivity index (χ4v) is 3.85. The van der Waals surface area contributed by atoms with Gasteiger partial charge in [-0.1, -0.05) is 54.1 Å². The van der Waals surface area contributed by atoms with E-state index in [-0.39, 0.29) is 17.3 Å². The molecular weight excluding hydrogens is 440 g/mol. The molecule has 1 amide bonds. The van der Waals surface area contributed by atoms with Gasteiger partial charge in [0.15, 0.2) is 5.69 Å². The lowest BCUT2D eigenvalue weighted by molar-refractivity contribution is 0.0949. The van der Waals surface area contributed by atoms with Crippen molar-refractivity contribution in [2.24, 2.45) is 5.10 Å². The van der Waals surface area contributed by atoms with Gasteiger partial charge in [-0.15, -0.1) is 16.9 Å². The number of aromatic nitrogens is 5. The SMILES string of the molecule is CCc1ccc(/C=N\NC(=O)c2nnn(-c3nonc3N)c2CSc2ccc(C)cc2)cc1. The maximum atomic E-state index is 12.8. The molecule has 0 aliphatic heterocycles. The minimum absolute atomic E-state index is 0.0435. The summed E-state index contributed by atoms with van der Waals surface area (Å²) < 4.78 is 6.04. The molecule has 2 heterocycles. The fraction of sp³-hybridized carbons (Fsp3) is 0.182. The summed E-state index contributed by atoms with van der Waals surface area (Å²) in [5, 5.41) is 19.5. The van der Waals surface area contributed by atoms with Gasteiger partial charge in [0.2, 0.25) is 11.6 Å². The Morgan fingerprint density at radius 1 is 1.18 bits per heavy atom. The minimum atomic E-state index is -0.503. The third-order valence-corrected chi connectivity index (χ3v) is 5.86. The smallest absolute Gasteiger partial charge is 0.293 e. The van der Waals surface area contributed by atoms with E-state index in [4.69, 9.17) is 5.73 Å². The molecule has 0 radical (unpaired) electrons. The molecular formula is C22H22N8O2S. The number of thioether (sulfide) groups is 1. The molecule has 168 valence electrons. The second-order valence-corrected chi connectivity index (χ2v) is 8.21. The first-order valence-electron chi connectivity index (χ1n) is 10.2. The molecule has 4 rings (SSSR count). The van der Waals surface area contributed by atoms with Crippen molar-refractivity contribution in [2.45, 2.75) is 30.9 Å². The van der Waals surface area contributed by atoms with E-state index in [2.05, 4.69) is 42.7 Å². The average Bonchev–Trinajstić information content (AvgIpc) is 3.44. The Balaban J connectivity index is 1.55. The maximum Gasteiger partial charge on any atom is 0.293 e. The zero-order chi connectivity index (χ0) is 23.2. The van der Waals surface area contributed by atoms with Crippen molar-refractivity contribution < 1.29 is 9.42 Å². The molecule has 0 saturated heterocycles. The second kappa shape index (κ2) is 10.1. The number of anilines is 1. The standard InChI is InChI=1S/C22H22N8O2S/c1-3-15-6-8-16(9-7-15)12-24-26-22(31)19-18(13-33-17-10-4-14(2)5-11-17)30(29-25-19)21-20(23)27-32-28-21/h4-12H,3,13H2,1-2H3,(H2,23,27)(H,26,31)/b24-12-. The summed E-state index contributed by atoms with van der Waals surface area (Å²) in [7, 11) is 0. The van der Waals surface area contributed by atoms with Crippen molar-refractivity contribution in [2.75, 3.05) is 5.73 Å². The molecule has 0 saturated carbocycles. The van der Waals surface area contributed by atoms with E-state index in [1.807, 2.05) is 55.5 Å². The van der Waals surface area contributed by atoms with Crippen LogP contribution in [0.15, 0.2) is 63.2 Å². The number of nitrogens with two attached hydrogens (primary N) is 1. The van der Waals surface area contributed by atoms with Gasteiger partial charge in [-0.2, -0.15) is 9.78 Å². The van der Waals surface area contributed by atoms with Crippen molar-refractivity contribution in [1.82, 2.24) is 30.7 Å². The van der Waals surface area contributed by atoms with E-state index < -0.39 is 5.91 Å². The quantitative estimate of drug-likeness (QED) is 0.231. The van der Waals surface area contributed by atoms with Gasteiger partial charge in [-0.3, -0.25) is 4.79 Å². The van der Waals surface area contributed by atoms with E-state index in [1.165, 1.54) is 22.0 Å². The summed E-state index contributed by atoms with van der Waals surface area (Å²) in [6.45, 7) is 4.11. The number of nitrogens with zero attached hydrogens (tertiary/aromatic N) is 6. The third kappa shape index (κ3) is 5.26. The molecule has 0 atom stereocenters. The molecule has 0 fully saturated rings. The van der Waals surface area contributed by atoms with Crippen LogP contribution >= 0.6 is 11.8 Å². The van der Waals surface area contributed by atoms with Crippen LogP contribution in [-0.4, -0.2) is 37.4 Å². The summed E-state index contributed by atoms with van der Waals surface area (Å²) in [5.74, 6) is 0.0904. The number of hydrogen-bond acceptors (Lipinski definition) is 9. The van der Waals surface area contributed by atoms with Gasteiger partial charge in [-0.25, -0.2) is 10.1 Å². The Bertz CT molecular complexity index is 1260. The Morgan fingerprint density at radius 2 is 1.94 bits per heavy atom. The monoisotopic (exact) mass is 462 g/mol. The fourth-order valence-electron chi connectivity index (χ4n) is 2.96. The van der Waals surface area contributed by atoms with Crippen LogP contribution in [0.4, 0.5) is 5.82 Å². The van der Waals surface area contributed by atoms with Gasteiger partial charge in [0.25, 0.3) is 5.91 Å². The summed E-state index contributed by atoms with van der Waals surface area (Å²) in [4.78, 5) is 13.9. The first-order chi connectivity index (χ1) is 16.0. The number of benzene rings is 2. The van der Waals surface area contributed by atoms with Crippen molar-refractivity contribution in [3.63, 3.8) is 0 Å². The zero-order valence-corrected chi connectivity index (χ0v) is 18.9. The number of carbonyl (C=O) groups is 1. The zero-order valence-electron chi connectivity index (χ0n) is 18.1. The van der Waals surface area contributed by atoms with Crippen LogP contribution in [0, 0.1) is 6.92 Å². The second-order valence-electron chi connectivity index (χ2n) is 7.17. The van der Waals surface area contributed by atoms with Gasteiger partial charge >= 0.3 is 0 Å². The molecule has 33 heavy (non-hydrogen) atoms. The van der Waals surface area contributed by atoms with Crippen LogP contribution in [0.3, 0.4) is 0 Å². The Morgan fingerprint density at radius 3 is 2.61 bits per heavy atom. The lowest BCUT2D eigenvalue weighted by atomic mass is 10.1. The van der Waals surface area contributed by atoms with Crippen molar-refractivity contribution in [3.8, 4) is 5.82 Å². The first kappa shape index (κ1) is 22.2. The number of carbonyl (C=O) groups excluding carboxylic acids is 1. The molecule has 0 unspecified atom stereocenters. The molecule has 4 aromatic rings. The highest BCUT2D eigenvalue weighted by atomic mass is 32.2. The first-order valence-corrected chi connectivity index (χ1v) is 11.2. The normalized spacial score (nSPS) is 11.2. The highest BCUT2D eigenvalue weighted by Gasteiger charge is 2.24. The minimum Gasteiger partial charge on any atom is -0.378 e. The van der Waals surface area contributed by atoms with E-state index in [0.29, 0.717) is 11.4 Å². The molecule has 0 spiro atoms. The van der Waals surface area contributed by atoms with Crippen molar-refractivity contribution in [1.29, 1.82) is 0 Å². The van der Waals surface area contributed by atoms with Gasteiger partial charge in [0, 0.05) is 10.6 Å². The summed E-state index contributed by atoms with van der Waals surface area (Å²) in [6.07, 6.45) is 2.53. The number of nitrogen functional groups attached to an aromatic ring is 1. The molecule has 10 nitrogen and oxygen atoms in total. The topological polar surface area (TPSA) is 137 Å². The number of aryl methyl sites for hydroxylation is 2. The lowest BCUT2D eigenvalue weighted by Gasteiger charge is -2.06. The molecule has 11 heteroatoms. The van der Waals surface area contributed by atoms with Gasteiger partial charge < -0.3 is 5.73 Å². The van der Waals surface area contributed by atoms with E-state index in [0.717, 1.165) is 22.4 Å². The van der Waals surface area contributed by atoms with Gasteiger partial charge in [0.1, 0.15) is 0 Å². The molecule has 2 aromatic heterocycles. The van der Waals surface area contributed by atoms with Crippen LogP contribution in [0.1, 0.15) is 39.8 Å². The molecule has 0 aliphatic rings. The average molecular weight is 463 g/mol. The van der Waals surface area contributed by atoms with Crippen LogP contribution in [0.5, 0.6) is 0 Å². The van der Waals surface area contributed by atoms with E-state index in [9.17, 15) is 4.79 Å². The molecule has 0 bridgehead atoms. The molecule has 3 N–H and O–H groups in total. The number of amides is 1. The Hall–Kier alpha value is -3.99. The summed E-state index contributed by atoms with van der Waals surface area (Å²) in [5.41, 5.74) is 12.2. The number of hydrazone groups is 1. The predicted molar refractivity (Wildman–Crippen MR) is 125 cm³/mol. The summed E-state index contributed by atoms with van der Waals surface area (Å²) in [6, 6.07) is 16.0. The van der Waals surface area contributed by atoms with Crippen LogP contribution in [0.25, 0.3) is 5.82 Å². The Kier molecular flexibility index (Phi) is 6.79. The summed E-state index contributed by atoms with van der Waals surface area (Å²) >= 11 is 1.52. The van der Waals surface area contributed by atoms with Gasteiger partial charge in [0.05, 0.1) is 11.9 Å². The Labute approximate surface area is 194 Å². The van der Waals surface area contributed by atoms with Crippen LogP contribution in [0.2, 0.25) is 0 Å². The third-order valence-electron chi connectivity index (χ3n) is 4.84. The highest BCUT2D eigenvalue weighted by molar-refractivity contribution is 7.98. The number of hydrogen-bond donors (Lipinski definition) is 2. The lowest BCUT2D eigenvalue weighted by Crippen LogP contribution is -2.20. The number of rotatable bonds is 8. The van der Waals surface area contributed by atoms with Crippen LogP contribution < -0.4 is 11.2 Å². The number of nitrogens with one attached hydrogen (secondary N) is 1. The van der Waals surface area contributed by atoms with Crippen molar-refractivity contribution >= 4 is 29.7 Å². The molecule has 2 aromatic carbocycles. The molecule has 0 aliphatic carbocycles. The predicted octanol–water partition coefficient (Wildman–Crippen LogP) is 3.16. The maximum absolute atomic E-state index is 12.8. The van der Waals surface area contributed by atoms with E-state index in [1.54, 1.807) is 6.21 Å². The van der Waals surface area contributed by atoms with E-state index >= 15 is 0 Å². The largest absolute Gasteiger partial charge is 0.378 e.